The molecule has 0 unspecified atom stereocenters. The molecule has 142 valence electrons. The fourth-order valence-corrected chi connectivity index (χ4v) is 1.92. The number of nitrogens with zero attached hydrogens (tertiary/aromatic N) is 1. The highest BCUT2D eigenvalue weighted by Gasteiger charge is 2.39. The van der Waals surface area contributed by atoms with Gasteiger partial charge in [-0.2, -0.15) is 8.78 Å². The van der Waals surface area contributed by atoms with E-state index in [1.165, 1.54) is 0 Å². The Hall–Kier alpha value is -2.60. The maximum atomic E-state index is 13.6. The number of benzene rings is 2. The molecule has 2 aromatic rings. The molecule has 2 aromatic carbocycles. The van der Waals surface area contributed by atoms with Gasteiger partial charge in [0.1, 0.15) is 11.4 Å². The van der Waals surface area contributed by atoms with Crippen LogP contribution in [-0.2, 0) is 0 Å². The summed E-state index contributed by atoms with van der Waals surface area (Å²) in [5.74, 6) is -28.7. The quantitative estimate of drug-likeness (QED) is 0.288. The first kappa shape index (κ1) is 19.7. The van der Waals surface area contributed by atoms with E-state index in [0.717, 1.165) is 0 Å². The zero-order chi connectivity index (χ0) is 20.1. The molecule has 0 aliphatic rings. The van der Waals surface area contributed by atoms with Gasteiger partial charge < -0.3 is 0 Å². The van der Waals surface area contributed by atoms with Crippen molar-refractivity contribution >= 4 is 11.4 Å². The summed E-state index contributed by atoms with van der Waals surface area (Å²) < 4.78 is 159. The molecule has 13 heteroatoms. The van der Waals surface area contributed by atoms with E-state index in [2.05, 4.69) is 0 Å². The Labute approximate surface area is 135 Å². The molecule has 0 bridgehead atoms. The van der Waals surface area contributed by atoms with Gasteiger partial charge >= 0.3 is 6.55 Å². The summed E-state index contributed by atoms with van der Waals surface area (Å²) in [7, 11) is 0. The van der Waals surface area contributed by atoms with Crippen molar-refractivity contribution in [2.45, 2.75) is 6.55 Å². The van der Waals surface area contributed by atoms with Crippen molar-refractivity contribution in [3.8, 4) is 0 Å². The molecule has 0 saturated carbocycles. The van der Waals surface area contributed by atoms with Crippen molar-refractivity contribution in [1.29, 1.82) is 0 Å². The van der Waals surface area contributed by atoms with Crippen LogP contribution in [0.15, 0.2) is 0 Å². The monoisotopic (exact) mass is 399 g/mol. The molecule has 0 aliphatic carbocycles. The second kappa shape index (κ2) is 6.61. The molecule has 26 heavy (non-hydrogen) atoms. The minimum absolute atomic E-state index is 1.54. The molecule has 0 saturated heterocycles. The van der Waals surface area contributed by atoms with E-state index < -0.39 is 81.0 Å². The maximum Gasteiger partial charge on any atom is 0.319 e. The molecule has 1 nitrogen and oxygen atoms in total. The molecular formula is C13HF12N. The lowest BCUT2D eigenvalue weighted by molar-refractivity contribution is 0.151. The van der Waals surface area contributed by atoms with E-state index >= 15 is 0 Å². The van der Waals surface area contributed by atoms with E-state index in [1.54, 1.807) is 0 Å². The van der Waals surface area contributed by atoms with Crippen LogP contribution >= 0.6 is 0 Å². The third kappa shape index (κ3) is 2.70. The molecular weight excluding hydrogens is 398 g/mol. The van der Waals surface area contributed by atoms with Crippen LogP contribution in [0.1, 0.15) is 0 Å². The van der Waals surface area contributed by atoms with Gasteiger partial charge in [0, 0.05) is 0 Å². The van der Waals surface area contributed by atoms with E-state index in [0.29, 0.717) is 0 Å². The van der Waals surface area contributed by atoms with Crippen LogP contribution in [0.3, 0.4) is 0 Å². The topological polar surface area (TPSA) is 3.24 Å². The predicted octanol–water partition coefficient (Wildman–Crippen LogP) is 5.44. The van der Waals surface area contributed by atoms with Gasteiger partial charge in [0.25, 0.3) is 0 Å². The summed E-state index contributed by atoms with van der Waals surface area (Å²) in [5.41, 5.74) is -5.22. The third-order valence-corrected chi connectivity index (χ3v) is 3.05. The zero-order valence-corrected chi connectivity index (χ0v) is 11.6. The highest BCUT2D eigenvalue weighted by atomic mass is 19.3. The van der Waals surface area contributed by atoms with Crippen LogP contribution in [0.5, 0.6) is 0 Å². The standard InChI is InChI=1S/C13HF12N/c14-1-3(16)7(20)11(8(21)4(1)17)26(13(24)25)12-9(22)5(18)2(15)6(19)10(12)23/h13H. The summed E-state index contributed by atoms with van der Waals surface area (Å²) in [6.45, 7) is -4.48. The molecule has 2 rings (SSSR count). The number of halogens is 12. The summed E-state index contributed by atoms with van der Waals surface area (Å²) >= 11 is 0. The molecule has 0 atom stereocenters. The van der Waals surface area contributed by atoms with Crippen LogP contribution in [-0.4, -0.2) is 6.55 Å². The van der Waals surface area contributed by atoms with Gasteiger partial charge in [-0.1, -0.05) is 0 Å². The van der Waals surface area contributed by atoms with Crippen molar-refractivity contribution in [2.75, 3.05) is 4.90 Å². The van der Waals surface area contributed by atoms with Gasteiger partial charge in [0.2, 0.25) is 11.6 Å². The fraction of sp³-hybridized carbons (Fsp3) is 0.0769. The Bertz CT molecular complexity index is 766. The average molecular weight is 399 g/mol. The van der Waals surface area contributed by atoms with E-state index in [-0.39, 0.29) is 0 Å². The minimum Gasteiger partial charge on any atom is -0.273 e. The van der Waals surface area contributed by atoms with E-state index in [1.807, 2.05) is 0 Å². The highest BCUT2D eigenvalue weighted by molar-refractivity contribution is 5.66. The Kier molecular flexibility index (Phi) is 5.01. The molecule has 0 spiro atoms. The molecule has 0 radical (unpaired) electrons. The average Bonchev–Trinajstić information content (AvgIpc) is 2.60. The summed E-state index contributed by atoms with van der Waals surface area (Å²) in [6.07, 6.45) is 0. The third-order valence-electron chi connectivity index (χ3n) is 3.05. The van der Waals surface area contributed by atoms with Gasteiger partial charge in [-0.05, 0) is 0 Å². The molecule has 0 heterocycles. The van der Waals surface area contributed by atoms with Gasteiger partial charge in [-0.3, -0.25) is 4.90 Å². The van der Waals surface area contributed by atoms with E-state index in [9.17, 15) is 52.7 Å². The van der Waals surface area contributed by atoms with Crippen molar-refractivity contribution in [1.82, 2.24) is 0 Å². The Balaban J connectivity index is 2.96. The van der Waals surface area contributed by atoms with Crippen molar-refractivity contribution in [3.05, 3.63) is 58.2 Å². The van der Waals surface area contributed by atoms with Crippen molar-refractivity contribution in [3.63, 3.8) is 0 Å². The Morgan fingerprint density at radius 2 is 0.577 bits per heavy atom. The number of hydrogen-bond donors (Lipinski definition) is 0. The number of anilines is 2. The first-order valence-corrected chi connectivity index (χ1v) is 6.03. The first-order chi connectivity index (χ1) is 11.9. The first-order valence-electron chi connectivity index (χ1n) is 6.03. The number of alkyl halides is 2. The summed E-state index contributed by atoms with van der Waals surface area (Å²) in [4.78, 5) is -1.54. The predicted molar refractivity (Wildman–Crippen MR) is 60.6 cm³/mol. The largest absolute Gasteiger partial charge is 0.319 e. The number of hydrogen-bond acceptors (Lipinski definition) is 1. The van der Waals surface area contributed by atoms with Crippen molar-refractivity contribution in [2.24, 2.45) is 0 Å². The molecule has 0 aromatic heterocycles. The van der Waals surface area contributed by atoms with Crippen LogP contribution in [0.2, 0.25) is 0 Å². The van der Waals surface area contributed by atoms with Gasteiger partial charge in [0.15, 0.2) is 46.5 Å². The smallest absolute Gasteiger partial charge is 0.273 e. The van der Waals surface area contributed by atoms with Gasteiger partial charge in [0.05, 0.1) is 0 Å². The summed E-state index contributed by atoms with van der Waals surface area (Å²) in [5, 5.41) is 0. The van der Waals surface area contributed by atoms with Crippen LogP contribution in [0.25, 0.3) is 0 Å². The molecule has 0 N–H and O–H groups in total. The lowest BCUT2D eigenvalue weighted by Gasteiger charge is -2.26. The molecule has 0 aliphatic heterocycles. The second-order valence-electron chi connectivity index (χ2n) is 4.48. The highest BCUT2D eigenvalue weighted by Crippen LogP contribution is 2.41. The van der Waals surface area contributed by atoms with Crippen molar-refractivity contribution < 1.29 is 52.7 Å². The van der Waals surface area contributed by atoms with Crippen LogP contribution in [0.4, 0.5) is 64.1 Å². The molecule has 0 amide bonds. The fourth-order valence-electron chi connectivity index (χ4n) is 1.92. The zero-order valence-electron chi connectivity index (χ0n) is 11.6. The van der Waals surface area contributed by atoms with Gasteiger partial charge in [-0.25, -0.2) is 43.9 Å². The lowest BCUT2D eigenvalue weighted by Crippen LogP contribution is -2.29. The molecule has 0 fully saturated rings. The Morgan fingerprint density at radius 3 is 0.769 bits per heavy atom. The summed E-state index contributed by atoms with van der Waals surface area (Å²) in [6, 6.07) is 0. The lowest BCUT2D eigenvalue weighted by atomic mass is 10.2. The normalized spacial score (nSPS) is 11.4. The Morgan fingerprint density at radius 1 is 0.385 bits per heavy atom. The van der Waals surface area contributed by atoms with E-state index in [4.69, 9.17) is 0 Å². The van der Waals surface area contributed by atoms with Crippen LogP contribution < -0.4 is 4.90 Å². The maximum absolute atomic E-state index is 13.6. The second-order valence-corrected chi connectivity index (χ2v) is 4.48. The SMILES string of the molecule is Fc1c(F)c(F)c(N(c2c(F)c(F)c(F)c(F)c2F)C(F)F)c(F)c1F. The number of rotatable bonds is 3. The minimum atomic E-state index is -4.48. The van der Waals surface area contributed by atoms with Crippen LogP contribution in [0, 0.1) is 58.2 Å². The van der Waals surface area contributed by atoms with Gasteiger partial charge in [-0.15, -0.1) is 0 Å².